The number of halogens is 3. The molecule has 0 spiro atoms. The number of likely N-dealkylation sites (tertiary alicyclic amines) is 1. The fourth-order valence-electron chi connectivity index (χ4n) is 2.05. The second kappa shape index (κ2) is 5.63. The molecular weight excluding hydrogens is 307 g/mol. The van der Waals surface area contributed by atoms with Crippen molar-refractivity contribution in [3.05, 3.63) is 10.6 Å². The minimum atomic E-state index is -4.45. The quantitative estimate of drug-likeness (QED) is 0.927. The SMILES string of the molecule is Cc1nc(NC(=O)[C@@H]2CC(=O)N(CC(F)(F)F)C2)sc1C. The van der Waals surface area contributed by atoms with Crippen LogP contribution in [-0.2, 0) is 9.59 Å². The predicted octanol–water partition coefficient (Wildman–Crippen LogP) is 2.11. The highest BCUT2D eigenvalue weighted by Crippen LogP contribution is 2.26. The van der Waals surface area contributed by atoms with Gasteiger partial charge in [0, 0.05) is 17.8 Å². The zero-order valence-corrected chi connectivity index (χ0v) is 12.3. The lowest BCUT2D eigenvalue weighted by molar-refractivity contribution is -0.157. The number of hydrogen-bond donors (Lipinski definition) is 1. The van der Waals surface area contributed by atoms with Crippen LogP contribution in [0.5, 0.6) is 0 Å². The van der Waals surface area contributed by atoms with Gasteiger partial charge in [0.05, 0.1) is 11.6 Å². The molecule has 0 unspecified atom stereocenters. The highest BCUT2D eigenvalue weighted by atomic mass is 32.1. The summed E-state index contributed by atoms with van der Waals surface area (Å²) in [5.41, 5.74) is 0.788. The van der Waals surface area contributed by atoms with Crippen molar-refractivity contribution in [2.75, 3.05) is 18.4 Å². The van der Waals surface area contributed by atoms with Gasteiger partial charge in [0.25, 0.3) is 0 Å². The molecule has 116 valence electrons. The van der Waals surface area contributed by atoms with E-state index in [2.05, 4.69) is 10.3 Å². The van der Waals surface area contributed by atoms with Gasteiger partial charge in [0.15, 0.2) is 5.13 Å². The Morgan fingerprint density at radius 2 is 2.14 bits per heavy atom. The van der Waals surface area contributed by atoms with Crippen LogP contribution in [-0.4, -0.2) is 41.0 Å². The van der Waals surface area contributed by atoms with E-state index in [9.17, 15) is 22.8 Å². The van der Waals surface area contributed by atoms with Crippen molar-refractivity contribution in [2.24, 2.45) is 5.92 Å². The molecule has 0 bridgehead atoms. The maximum Gasteiger partial charge on any atom is 0.406 e. The summed E-state index contributed by atoms with van der Waals surface area (Å²) < 4.78 is 36.9. The first kappa shape index (κ1) is 15.7. The van der Waals surface area contributed by atoms with Gasteiger partial charge in [-0.25, -0.2) is 4.98 Å². The topological polar surface area (TPSA) is 62.3 Å². The van der Waals surface area contributed by atoms with Gasteiger partial charge in [-0.1, -0.05) is 0 Å². The number of nitrogens with zero attached hydrogens (tertiary/aromatic N) is 2. The number of thiazole rings is 1. The molecule has 1 fully saturated rings. The number of alkyl halides is 3. The number of carbonyl (C=O) groups is 2. The van der Waals surface area contributed by atoms with Crippen molar-refractivity contribution in [2.45, 2.75) is 26.4 Å². The zero-order chi connectivity index (χ0) is 15.8. The summed E-state index contributed by atoms with van der Waals surface area (Å²) in [6.07, 6.45) is -4.66. The first-order valence-electron chi connectivity index (χ1n) is 6.25. The Morgan fingerprint density at radius 1 is 1.48 bits per heavy atom. The first-order chi connectivity index (χ1) is 9.65. The van der Waals surface area contributed by atoms with Crippen LogP contribution >= 0.6 is 11.3 Å². The fraction of sp³-hybridized carbons (Fsp3) is 0.583. The number of carbonyl (C=O) groups excluding carboxylic acids is 2. The fourth-order valence-corrected chi connectivity index (χ4v) is 2.87. The molecule has 0 aliphatic carbocycles. The lowest BCUT2D eigenvalue weighted by atomic mass is 10.1. The lowest BCUT2D eigenvalue weighted by Crippen LogP contribution is -2.36. The van der Waals surface area contributed by atoms with Gasteiger partial charge in [0.1, 0.15) is 6.54 Å². The Labute approximate surface area is 123 Å². The van der Waals surface area contributed by atoms with E-state index in [0.29, 0.717) is 10.0 Å². The summed E-state index contributed by atoms with van der Waals surface area (Å²) in [6.45, 7) is 2.12. The van der Waals surface area contributed by atoms with Gasteiger partial charge in [-0.2, -0.15) is 13.2 Å². The zero-order valence-electron chi connectivity index (χ0n) is 11.5. The van der Waals surface area contributed by atoms with Crippen LogP contribution in [0.3, 0.4) is 0 Å². The third-order valence-corrected chi connectivity index (χ3v) is 4.20. The summed E-state index contributed by atoms with van der Waals surface area (Å²) in [4.78, 5) is 29.2. The number of rotatable bonds is 3. The Balaban J connectivity index is 1.97. The molecule has 1 atom stereocenters. The number of amides is 2. The summed E-state index contributed by atoms with van der Waals surface area (Å²) in [7, 11) is 0. The minimum Gasteiger partial charge on any atom is -0.333 e. The second-order valence-electron chi connectivity index (χ2n) is 4.94. The van der Waals surface area contributed by atoms with E-state index in [4.69, 9.17) is 0 Å². The third kappa shape index (κ3) is 3.93. The van der Waals surface area contributed by atoms with E-state index in [1.807, 2.05) is 6.92 Å². The average molecular weight is 321 g/mol. The molecule has 21 heavy (non-hydrogen) atoms. The molecule has 1 N–H and O–H groups in total. The van der Waals surface area contributed by atoms with Gasteiger partial charge >= 0.3 is 6.18 Å². The maximum absolute atomic E-state index is 12.3. The molecule has 1 saturated heterocycles. The Morgan fingerprint density at radius 3 is 2.67 bits per heavy atom. The van der Waals surface area contributed by atoms with Crippen molar-refractivity contribution >= 4 is 28.3 Å². The van der Waals surface area contributed by atoms with Gasteiger partial charge in [-0.05, 0) is 13.8 Å². The average Bonchev–Trinajstić information content (AvgIpc) is 2.82. The molecule has 5 nitrogen and oxygen atoms in total. The molecule has 1 aliphatic heterocycles. The lowest BCUT2D eigenvalue weighted by Gasteiger charge is -2.18. The van der Waals surface area contributed by atoms with E-state index < -0.39 is 30.5 Å². The summed E-state index contributed by atoms with van der Waals surface area (Å²) in [5.74, 6) is -1.90. The van der Waals surface area contributed by atoms with E-state index in [1.165, 1.54) is 11.3 Å². The largest absolute Gasteiger partial charge is 0.406 e. The van der Waals surface area contributed by atoms with Crippen molar-refractivity contribution < 1.29 is 22.8 Å². The van der Waals surface area contributed by atoms with E-state index in [0.717, 1.165) is 10.6 Å². The Kier molecular flexibility index (Phi) is 4.22. The van der Waals surface area contributed by atoms with E-state index in [-0.39, 0.29) is 13.0 Å². The molecule has 2 heterocycles. The van der Waals surface area contributed by atoms with Crippen LogP contribution in [0.15, 0.2) is 0 Å². The van der Waals surface area contributed by atoms with Crippen LogP contribution in [0.4, 0.5) is 18.3 Å². The van der Waals surface area contributed by atoms with E-state index in [1.54, 1.807) is 6.92 Å². The molecular formula is C12H14F3N3O2S. The molecule has 9 heteroatoms. The number of anilines is 1. The molecule has 1 aromatic heterocycles. The highest BCUT2D eigenvalue weighted by Gasteiger charge is 2.40. The summed E-state index contributed by atoms with van der Waals surface area (Å²) in [5, 5.41) is 2.96. The number of nitrogens with one attached hydrogen (secondary N) is 1. The number of hydrogen-bond acceptors (Lipinski definition) is 4. The monoisotopic (exact) mass is 321 g/mol. The highest BCUT2D eigenvalue weighted by molar-refractivity contribution is 7.15. The predicted molar refractivity (Wildman–Crippen MR) is 71.0 cm³/mol. The van der Waals surface area contributed by atoms with E-state index >= 15 is 0 Å². The minimum absolute atomic E-state index is 0.203. The first-order valence-corrected chi connectivity index (χ1v) is 7.07. The van der Waals surface area contributed by atoms with Gasteiger partial charge in [0.2, 0.25) is 11.8 Å². The smallest absolute Gasteiger partial charge is 0.333 e. The second-order valence-corrected chi connectivity index (χ2v) is 6.14. The molecule has 0 radical (unpaired) electrons. The molecule has 1 aliphatic rings. The summed E-state index contributed by atoms with van der Waals surface area (Å²) in [6, 6.07) is 0. The van der Waals surface area contributed by atoms with Crippen molar-refractivity contribution in [1.82, 2.24) is 9.88 Å². The van der Waals surface area contributed by atoms with Gasteiger partial charge < -0.3 is 10.2 Å². The number of aromatic nitrogens is 1. The van der Waals surface area contributed by atoms with Crippen LogP contribution in [0, 0.1) is 19.8 Å². The van der Waals surface area contributed by atoms with Crippen molar-refractivity contribution in [3.8, 4) is 0 Å². The van der Waals surface area contributed by atoms with Crippen LogP contribution in [0.25, 0.3) is 0 Å². The Bertz CT molecular complexity index is 551. The number of aryl methyl sites for hydroxylation is 2. The molecule has 2 amide bonds. The third-order valence-electron chi connectivity index (χ3n) is 3.21. The van der Waals surface area contributed by atoms with Crippen molar-refractivity contribution in [3.63, 3.8) is 0 Å². The normalized spacial score (nSPS) is 19.2. The van der Waals surface area contributed by atoms with Crippen LogP contribution < -0.4 is 5.32 Å². The standard InChI is InChI=1S/C12H14F3N3O2S/c1-6-7(2)21-11(16-6)17-10(20)8-3-9(19)18(4-8)5-12(13,14)15/h8H,3-5H2,1-2H3,(H,16,17,20)/t8-/m1/s1. The molecule has 0 saturated carbocycles. The Hall–Kier alpha value is -1.64. The van der Waals surface area contributed by atoms with Crippen molar-refractivity contribution in [1.29, 1.82) is 0 Å². The van der Waals surface area contributed by atoms with Crippen LogP contribution in [0.2, 0.25) is 0 Å². The summed E-state index contributed by atoms with van der Waals surface area (Å²) >= 11 is 1.29. The van der Waals surface area contributed by atoms with Crippen LogP contribution in [0.1, 0.15) is 17.0 Å². The van der Waals surface area contributed by atoms with Gasteiger partial charge in [-0.15, -0.1) is 11.3 Å². The molecule has 0 aromatic carbocycles. The molecule has 1 aromatic rings. The van der Waals surface area contributed by atoms with Gasteiger partial charge in [-0.3, -0.25) is 9.59 Å². The molecule has 2 rings (SSSR count). The maximum atomic E-state index is 12.3.